The van der Waals surface area contributed by atoms with E-state index in [1.54, 1.807) is 24.3 Å². The lowest BCUT2D eigenvalue weighted by Gasteiger charge is -2.23. The van der Waals surface area contributed by atoms with Crippen molar-refractivity contribution in [1.82, 2.24) is 4.90 Å². The van der Waals surface area contributed by atoms with Crippen molar-refractivity contribution in [3.63, 3.8) is 0 Å². The molecule has 130 valence electrons. The number of aliphatic carboxylic acids is 1. The molecule has 0 spiro atoms. The highest BCUT2D eigenvalue weighted by Crippen LogP contribution is 2.36. The van der Waals surface area contributed by atoms with Crippen molar-refractivity contribution in [2.24, 2.45) is 0 Å². The summed E-state index contributed by atoms with van der Waals surface area (Å²) >= 11 is 0. The summed E-state index contributed by atoms with van der Waals surface area (Å²) in [5.41, 5.74) is -0.0179. The van der Waals surface area contributed by atoms with Crippen LogP contribution in [0.2, 0.25) is 0 Å². The van der Waals surface area contributed by atoms with E-state index in [9.17, 15) is 19.8 Å². The average Bonchev–Trinajstić information content (AvgIpc) is 3.01. The van der Waals surface area contributed by atoms with Gasteiger partial charge in [-0.3, -0.25) is 4.90 Å². The molecule has 2 atom stereocenters. The highest BCUT2D eigenvalue weighted by atomic mass is 16.6. The van der Waals surface area contributed by atoms with E-state index in [1.165, 1.54) is 0 Å². The minimum atomic E-state index is -1.41. The number of benzene rings is 2. The van der Waals surface area contributed by atoms with Crippen molar-refractivity contribution in [2.45, 2.75) is 24.7 Å². The van der Waals surface area contributed by atoms with Crippen LogP contribution in [0.5, 0.6) is 0 Å². The topological polar surface area (TPSA) is 87.1 Å². The van der Waals surface area contributed by atoms with E-state index < -0.39 is 23.7 Å². The predicted octanol–water partition coefficient (Wildman–Crippen LogP) is 2.37. The SMILES string of the molecule is O=C(O)[C@@H]1CC(O)(c2ccccc2)CN1C(=O)OCc1ccccc1. The van der Waals surface area contributed by atoms with Gasteiger partial charge in [0, 0.05) is 6.42 Å². The Labute approximate surface area is 145 Å². The quantitative estimate of drug-likeness (QED) is 0.891. The first-order valence-corrected chi connectivity index (χ1v) is 7.98. The summed E-state index contributed by atoms with van der Waals surface area (Å²) in [5, 5.41) is 20.3. The number of β-amino-alcohol motifs (C(OH)–C–C–N with tert-alkyl or cyclic N) is 1. The Bertz CT molecular complexity index is 749. The van der Waals surface area contributed by atoms with Crippen LogP contribution >= 0.6 is 0 Å². The lowest BCUT2D eigenvalue weighted by Crippen LogP contribution is -2.41. The second-order valence-electron chi connectivity index (χ2n) is 6.12. The van der Waals surface area contributed by atoms with E-state index in [2.05, 4.69) is 0 Å². The first kappa shape index (κ1) is 17.0. The maximum Gasteiger partial charge on any atom is 0.410 e. The molecule has 1 aliphatic heterocycles. The van der Waals surface area contributed by atoms with Gasteiger partial charge in [-0.1, -0.05) is 60.7 Å². The Kier molecular flexibility index (Phi) is 4.72. The minimum absolute atomic E-state index is 0.0479. The van der Waals surface area contributed by atoms with Crippen LogP contribution in [-0.4, -0.2) is 39.8 Å². The second kappa shape index (κ2) is 6.94. The molecule has 1 unspecified atom stereocenters. The zero-order valence-corrected chi connectivity index (χ0v) is 13.5. The number of hydrogen-bond acceptors (Lipinski definition) is 4. The Balaban J connectivity index is 1.75. The number of carbonyl (C=O) groups excluding carboxylic acids is 1. The number of rotatable bonds is 4. The fourth-order valence-electron chi connectivity index (χ4n) is 3.06. The molecule has 0 aliphatic carbocycles. The summed E-state index contributed by atoms with van der Waals surface area (Å²) in [6, 6.07) is 16.8. The molecule has 25 heavy (non-hydrogen) atoms. The van der Waals surface area contributed by atoms with Crippen molar-refractivity contribution in [1.29, 1.82) is 0 Å². The van der Waals surface area contributed by atoms with Crippen molar-refractivity contribution >= 4 is 12.1 Å². The van der Waals surface area contributed by atoms with Crippen LogP contribution in [0.1, 0.15) is 17.5 Å². The molecule has 2 aromatic carbocycles. The van der Waals surface area contributed by atoms with Crippen LogP contribution in [0.4, 0.5) is 4.79 Å². The first-order chi connectivity index (χ1) is 12.0. The van der Waals surface area contributed by atoms with Gasteiger partial charge >= 0.3 is 12.1 Å². The number of carboxylic acids is 1. The van der Waals surface area contributed by atoms with E-state index >= 15 is 0 Å². The first-order valence-electron chi connectivity index (χ1n) is 7.98. The lowest BCUT2D eigenvalue weighted by atomic mass is 9.91. The predicted molar refractivity (Wildman–Crippen MR) is 89.7 cm³/mol. The van der Waals surface area contributed by atoms with Gasteiger partial charge < -0.3 is 14.9 Å². The van der Waals surface area contributed by atoms with Gasteiger partial charge in [0.15, 0.2) is 0 Å². The molecule has 1 saturated heterocycles. The number of amides is 1. The fourth-order valence-corrected chi connectivity index (χ4v) is 3.06. The highest BCUT2D eigenvalue weighted by molar-refractivity contribution is 5.81. The molecule has 3 rings (SSSR count). The van der Waals surface area contributed by atoms with Crippen LogP contribution in [0.15, 0.2) is 60.7 Å². The van der Waals surface area contributed by atoms with Crippen molar-refractivity contribution in [2.75, 3.05) is 6.54 Å². The van der Waals surface area contributed by atoms with Crippen molar-refractivity contribution in [3.05, 3.63) is 71.8 Å². The molecule has 0 radical (unpaired) electrons. The molecule has 2 aromatic rings. The maximum atomic E-state index is 12.4. The van der Waals surface area contributed by atoms with Gasteiger partial charge in [-0.15, -0.1) is 0 Å². The van der Waals surface area contributed by atoms with Crippen molar-refractivity contribution in [3.8, 4) is 0 Å². The van der Waals surface area contributed by atoms with Crippen LogP contribution in [0, 0.1) is 0 Å². The summed E-state index contributed by atoms with van der Waals surface area (Å²) in [4.78, 5) is 25.0. The molecule has 1 fully saturated rings. The molecular weight excluding hydrogens is 322 g/mol. The van der Waals surface area contributed by atoms with E-state index in [-0.39, 0.29) is 19.6 Å². The number of likely N-dealkylation sites (tertiary alicyclic amines) is 1. The summed E-state index contributed by atoms with van der Waals surface area (Å²) in [6.45, 7) is -0.0755. The largest absolute Gasteiger partial charge is 0.480 e. The number of aliphatic hydroxyl groups is 1. The van der Waals surface area contributed by atoms with Crippen LogP contribution in [-0.2, 0) is 21.7 Å². The zero-order valence-electron chi connectivity index (χ0n) is 13.5. The third-order valence-electron chi connectivity index (χ3n) is 4.38. The number of hydrogen-bond donors (Lipinski definition) is 2. The van der Waals surface area contributed by atoms with Gasteiger partial charge in [-0.05, 0) is 11.1 Å². The summed E-state index contributed by atoms with van der Waals surface area (Å²) in [7, 11) is 0. The van der Waals surface area contributed by atoms with Gasteiger partial charge in [0.05, 0.1) is 6.54 Å². The number of carbonyl (C=O) groups is 2. The van der Waals surface area contributed by atoms with Gasteiger partial charge in [-0.25, -0.2) is 9.59 Å². The third kappa shape index (κ3) is 3.64. The van der Waals surface area contributed by atoms with Gasteiger partial charge in [0.25, 0.3) is 0 Å². The molecule has 1 heterocycles. The van der Waals surface area contributed by atoms with Gasteiger partial charge in [0.1, 0.15) is 18.2 Å². The number of carboxylic acid groups (broad SMARTS) is 1. The smallest absolute Gasteiger partial charge is 0.410 e. The number of ether oxygens (including phenoxy) is 1. The Hall–Kier alpha value is -2.86. The molecular formula is C19H19NO5. The normalized spacial score (nSPS) is 22.6. The summed E-state index contributed by atoms with van der Waals surface area (Å²) in [5.74, 6) is -1.16. The molecule has 1 amide bonds. The molecule has 0 bridgehead atoms. The van der Waals surface area contributed by atoms with Gasteiger partial charge in [0.2, 0.25) is 0 Å². The zero-order chi connectivity index (χ0) is 17.9. The summed E-state index contributed by atoms with van der Waals surface area (Å²) in [6.07, 6.45) is -0.824. The molecule has 0 saturated carbocycles. The molecule has 2 N–H and O–H groups in total. The average molecular weight is 341 g/mol. The fraction of sp³-hybridized carbons (Fsp3) is 0.263. The molecule has 0 aromatic heterocycles. The standard InChI is InChI=1S/C19H19NO5/c21-17(22)16-11-19(24,15-9-5-2-6-10-15)13-20(16)18(23)25-12-14-7-3-1-4-8-14/h1-10,16,24H,11-13H2,(H,21,22)/t16-,19?/m0/s1. The lowest BCUT2D eigenvalue weighted by molar-refractivity contribution is -0.141. The maximum absolute atomic E-state index is 12.4. The van der Waals surface area contributed by atoms with Crippen LogP contribution in [0.3, 0.4) is 0 Å². The monoisotopic (exact) mass is 341 g/mol. The molecule has 6 heteroatoms. The Morgan fingerprint density at radius 3 is 2.28 bits per heavy atom. The Morgan fingerprint density at radius 1 is 1.08 bits per heavy atom. The second-order valence-corrected chi connectivity index (χ2v) is 6.12. The Morgan fingerprint density at radius 2 is 1.68 bits per heavy atom. The molecule has 1 aliphatic rings. The van der Waals surface area contributed by atoms with Crippen LogP contribution < -0.4 is 0 Å². The van der Waals surface area contributed by atoms with Crippen molar-refractivity contribution < 1.29 is 24.5 Å². The van der Waals surface area contributed by atoms with Gasteiger partial charge in [-0.2, -0.15) is 0 Å². The van der Waals surface area contributed by atoms with E-state index in [0.717, 1.165) is 10.5 Å². The number of nitrogens with zero attached hydrogens (tertiary/aromatic N) is 1. The summed E-state index contributed by atoms with van der Waals surface area (Å²) < 4.78 is 5.23. The minimum Gasteiger partial charge on any atom is -0.480 e. The van der Waals surface area contributed by atoms with E-state index in [4.69, 9.17) is 4.74 Å². The van der Waals surface area contributed by atoms with Crippen LogP contribution in [0.25, 0.3) is 0 Å². The molecule has 6 nitrogen and oxygen atoms in total. The third-order valence-corrected chi connectivity index (χ3v) is 4.38. The van der Waals surface area contributed by atoms with E-state index in [0.29, 0.717) is 5.56 Å². The van der Waals surface area contributed by atoms with E-state index in [1.807, 2.05) is 36.4 Å². The highest BCUT2D eigenvalue weighted by Gasteiger charge is 2.49.